The summed E-state index contributed by atoms with van der Waals surface area (Å²) in [6.07, 6.45) is -6.21. The van der Waals surface area contributed by atoms with E-state index < -0.39 is 24.6 Å². The highest BCUT2D eigenvalue weighted by Crippen LogP contribution is 2.01. The van der Waals surface area contributed by atoms with Crippen LogP contribution < -0.4 is 5.32 Å². The van der Waals surface area contributed by atoms with Crippen LogP contribution in [-0.4, -0.2) is 31.2 Å². The highest BCUT2D eigenvalue weighted by molar-refractivity contribution is 6.32. The Hall–Kier alpha value is -1.27. The molecule has 1 amide bonds. The van der Waals surface area contributed by atoms with Crippen molar-refractivity contribution in [1.82, 2.24) is 5.32 Å². The largest absolute Gasteiger partial charge is 0.459 e. The first-order valence-electron chi connectivity index (χ1n) is 3.38. The van der Waals surface area contributed by atoms with Crippen molar-refractivity contribution in [3.63, 3.8) is 0 Å². The first-order valence-corrected chi connectivity index (χ1v) is 3.38. The summed E-state index contributed by atoms with van der Waals surface area (Å²) in [6.45, 7) is 1.34. The van der Waals surface area contributed by atoms with E-state index in [1.165, 1.54) is 6.92 Å². The third-order valence-corrected chi connectivity index (χ3v) is 0.951. The maximum Gasteiger partial charge on any atom is 0.396 e. The maximum atomic E-state index is 12.1. The summed E-state index contributed by atoms with van der Waals surface area (Å²) in [5.41, 5.74) is 0. The van der Waals surface area contributed by atoms with Gasteiger partial charge in [-0.15, -0.1) is 0 Å². The van der Waals surface area contributed by atoms with Gasteiger partial charge in [0, 0.05) is 0 Å². The molecule has 13 heavy (non-hydrogen) atoms. The minimum Gasteiger partial charge on any atom is -0.459 e. The first-order chi connectivity index (χ1) is 5.99. The third-order valence-electron chi connectivity index (χ3n) is 0.951. The van der Waals surface area contributed by atoms with Crippen molar-refractivity contribution in [2.75, 3.05) is 6.61 Å². The van der Waals surface area contributed by atoms with Crippen molar-refractivity contribution in [3.8, 4) is 0 Å². The van der Waals surface area contributed by atoms with E-state index in [2.05, 4.69) is 4.74 Å². The molecule has 7 heteroatoms. The Kier molecular flexibility index (Phi) is 4.86. The summed E-state index contributed by atoms with van der Waals surface area (Å²) in [6, 6.07) is 0. The molecule has 0 saturated heterocycles. The van der Waals surface area contributed by atoms with Crippen molar-refractivity contribution in [3.05, 3.63) is 0 Å². The number of rotatable bonds is 3. The van der Waals surface area contributed by atoms with Gasteiger partial charge in [0.1, 0.15) is 0 Å². The number of esters is 1. The van der Waals surface area contributed by atoms with Crippen LogP contribution in [0, 0.1) is 0 Å². The van der Waals surface area contributed by atoms with Crippen molar-refractivity contribution >= 4 is 11.9 Å². The number of carbonyl (C=O) groups excluding carboxylic acids is 2. The van der Waals surface area contributed by atoms with Gasteiger partial charge in [0.05, 0.1) is 6.61 Å². The molecule has 0 aromatic rings. The van der Waals surface area contributed by atoms with Gasteiger partial charge < -0.3 is 10.1 Å². The second-order valence-electron chi connectivity index (χ2n) is 1.93. The quantitative estimate of drug-likeness (QED) is 0.402. The van der Waals surface area contributed by atoms with Crippen LogP contribution in [0.5, 0.6) is 0 Å². The van der Waals surface area contributed by atoms with Gasteiger partial charge in [0.2, 0.25) is 6.30 Å². The van der Waals surface area contributed by atoms with Crippen LogP contribution in [0.3, 0.4) is 0 Å². The molecule has 76 valence electrons. The van der Waals surface area contributed by atoms with Crippen molar-refractivity contribution in [1.29, 1.82) is 0 Å². The molecule has 0 saturated carbocycles. The van der Waals surface area contributed by atoms with Crippen LogP contribution in [0.25, 0.3) is 0 Å². The molecule has 0 fully saturated rings. The predicted molar refractivity (Wildman–Crippen MR) is 35.7 cm³/mol. The zero-order valence-electron chi connectivity index (χ0n) is 6.72. The Balaban J connectivity index is 3.93. The monoisotopic (exact) mass is 199 g/mol. The fourth-order valence-electron chi connectivity index (χ4n) is 0.444. The van der Waals surface area contributed by atoms with Gasteiger partial charge in [0.15, 0.2) is 0 Å². The van der Waals surface area contributed by atoms with Crippen LogP contribution in [-0.2, 0) is 14.3 Å². The van der Waals surface area contributed by atoms with E-state index in [0.717, 1.165) is 5.32 Å². The minimum atomic E-state index is -3.36. The number of hydrogen-bond acceptors (Lipinski definition) is 3. The van der Waals surface area contributed by atoms with Gasteiger partial charge in [-0.3, -0.25) is 4.79 Å². The summed E-state index contributed by atoms with van der Waals surface area (Å²) >= 11 is 0. The summed E-state index contributed by atoms with van der Waals surface area (Å²) in [4.78, 5) is 20.9. The molecule has 1 atom stereocenters. The molecule has 0 aliphatic carbocycles. The fourth-order valence-corrected chi connectivity index (χ4v) is 0.444. The van der Waals surface area contributed by atoms with E-state index in [0.29, 0.717) is 0 Å². The molecule has 1 unspecified atom stereocenters. The normalized spacial score (nSPS) is 12.4. The molecule has 0 aliphatic rings. The highest BCUT2D eigenvalue weighted by Gasteiger charge is 2.25. The number of amides is 1. The Bertz CT molecular complexity index is 198. The lowest BCUT2D eigenvalue weighted by atomic mass is 10.5. The average molecular weight is 199 g/mol. The van der Waals surface area contributed by atoms with Crippen LogP contribution in [0.2, 0.25) is 0 Å². The zero-order valence-corrected chi connectivity index (χ0v) is 6.72. The molecular formula is C6H8F3NO3. The molecule has 0 bridgehead atoms. The van der Waals surface area contributed by atoms with Gasteiger partial charge >= 0.3 is 11.9 Å². The number of ether oxygens (including phenoxy) is 1. The summed E-state index contributed by atoms with van der Waals surface area (Å²) in [7, 11) is 0. The summed E-state index contributed by atoms with van der Waals surface area (Å²) in [5.74, 6) is -2.90. The number of carbonyl (C=O) groups is 2. The van der Waals surface area contributed by atoms with E-state index in [-0.39, 0.29) is 6.61 Å². The van der Waals surface area contributed by atoms with Crippen LogP contribution in [0.1, 0.15) is 6.92 Å². The Labute approximate surface area is 72.0 Å². The van der Waals surface area contributed by atoms with E-state index in [1.54, 1.807) is 0 Å². The number of alkyl halides is 3. The average Bonchev–Trinajstić information content (AvgIpc) is 2.04. The number of hydrogen-bond donors (Lipinski definition) is 1. The Morgan fingerprint density at radius 3 is 2.31 bits per heavy atom. The maximum absolute atomic E-state index is 12.1. The lowest BCUT2D eigenvalue weighted by Gasteiger charge is -2.07. The molecular weight excluding hydrogens is 191 g/mol. The Morgan fingerprint density at radius 1 is 1.38 bits per heavy atom. The lowest BCUT2D eigenvalue weighted by Crippen LogP contribution is -2.41. The van der Waals surface area contributed by atoms with Gasteiger partial charge in [-0.1, -0.05) is 0 Å². The van der Waals surface area contributed by atoms with Crippen LogP contribution in [0.4, 0.5) is 13.2 Å². The topological polar surface area (TPSA) is 55.4 Å². The molecule has 0 radical (unpaired) electrons. The second kappa shape index (κ2) is 5.39. The third kappa shape index (κ3) is 4.34. The first kappa shape index (κ1) is 11.7. The highest BCUT2D eigenvalue weighted by atomic mass is 19.3. The fraction of sp³-hybridized carbons (Fsp3) is 0.667. The molecule has 0 spiro atoms. The number of nitrogens with one attached hydrogen (secondary N) is 1. The van der Waals surface area contributed by atoms with Gasteiger partial charge in [0.25, 0.3) is 6.43 Å². The SMILES string of the molecule is CCOC(=O)C(=O)NC(F)C(F)F. The standard InChI is InChI=1S/C6H8F3NO3/c1-2-13-6(12)5(11)10-4(9)3(7)8/h3-4H,2H2,1H3,(H,10,11). The smallest absolute Gasteiger partial charge is 0.396 e. The molecule has 0 aromatic carbocycles. The minimum absolute atomic E-state index is 0.0854. The molecule has 0 aliphatic heterocycles. The Morgan fingerprint density at radius 2 is 1.92 bits per heavy atom. The summed E-state index contributed by atoms with van der Waals surface area (Å²) in [5, 5.41) is 1.13. The van der Waals surface area contributed by atoms with Crippen LogP contribution >= 0.6 is 0 Å². The second-order valence-corrected chi connectivity index (χ2v) is 1.93. The summed E-state index contributed by atoms with van der Waals surface area (Å²) < 4.78 is 39.2. The van der Waals surface area contributed by atoms with E-state index in [4.69, 9.17) is 0 Å². The number of halogens is 3. The lowest BCUT2D eigenvalue weighted by molar-refractivity contribution is -0.156. The van der Waals surface area contributed by atoms with Crippen molar-refractivity contribution < 1.29 is 27.5 Å². The van der Waals surface area contributed by atoms with Crippen molar-refractivity contribution in [2.24, 2.45) is 0 Å². The molecule has 1 N–H and O–H groups in total. The van der Waals surface area contributed by atoms with E-state index >= 15 is 0 Å². The van der Waals surface area contributed by atoms with Gasteiger partial charge in [-0.05, 0) is 6.92 Å². The molecule has 0 rings (SSSR count). The van der Waals surface area contributed by atoms with E-state index in [1.807, 2.05) is 0 Å². The van der Waals surface area contributed by atoms with Gasteiger partial charge in [-0.2, -0.15) is 0 Å². The van der Waals surface area contributed by atoms with Crippen LogP contribution in [0.15, 0.2) is 0 Å². The van der Waals surface area contributed by atoms with E-state index in [9.17, 15) is 22.8 Å². The molecule has 0 aromatic heterocycles. The molecule has 0 heterocycles. The molecule has 4 nitrogen and oxygen atoms in total. The van der Waals surface area contributed by atoms with Crippen molar-refractivity contribution in [2.45, 2.75) is 19.6 Å². The van der Waals surface area contributed by atoms with Gasteiger partial charge in [-0.25, -0.2) is 18.0 Å². The zero-order chi connectivity index (χ0) is 10.4. The predicted octanol–water partition coefficient (Wildman–Crippen LogP) is 0.226.